The Labute approximate surface area is 65.5 Å². The van der Waals surface area contributed by atoms with Gasteiger partial charge in [0.2, 0.25) is 0 Å². The van der Waals surface area contributed by atoms with Crippen LogP contribution in [0.15, 0.2) is 0 Å². The van der Waals surface area contributed by atoms with Gasteiger partial charge in [0.1, 0.15) is 0 Å². The summed E-state index contributed by atoms with van der Waals surface area (Å²) in [5.41, 5.74) is 0. The molecule has 1 heterocycles. The monoisotopic (exact) mass is 190 g/mol. The third-order valence-electron chi connectivity index (χ3n) is 1.65. The van der Waals surface area contributed by atoms with Gasteiger partial charge >= 0.3 is 65.0 Å². The summed E-state index contributed by atoms with van der Waals surface area (Å²) in [6, 6.07) is 0. The number of hydrogen-bond acceptors (Lipinski definition) is 2. The van der Waals surface area contributed by atoms with E-state index in [9.17, 15) is 0 Å². The average molecular weight is 190 g/mol. The second-order valence-corrected chi connectivity index (χ2v) is 3.59. The van der Waals surface area contributed by atoms with Crippen LogP contribution in [0.3, 0.4) is 0 Å². The zero-order valence-corrected chi connectivity index (χ0v) is 8.19. The van der Waals surface area contributed by atoms with Crippen molar-refractivity contribution in [2.45, 2.75) is 5.21 Å². The van der Waals surface area contributed by atoms with Crippen molar-refractivity contribution in [1.82, 2.24) is 10.2 Å². The van der Waals surface area contributed by atoms with Gasteiger partial charge in [-0.25, -0.2) is 0 Å². The number of nitrogens with zero attached hydrogens (tertiary/aromatic N) is 1. The third-order valence-corrected chi connectivity index (χ3v) is 2.20. The Kier molecular flexibility index (Phi) is 3.64. The van der Waals surface area contributed by atoms with E-state index in [4.69, 9.17) is 0 Å². The molecular weight excluding hydrogens is 175 g/mol. The molecule has 0 amide bonds. The number of rotatable bonds is 2. The molecule has 2 nitrogen and oxygen atoms in total. The molecule has 0 aromatic rings. The van der Waals surface area contributed by atoms with Crippen LogP contribution in [0.5, 0.6) is 0 Å². The van der Waals surface area contributed by atoms with Gasteiger partial charge < -0.3 is 0 Å². The second-order valence-electron chi connectivity index (χ2n) is 2.38. The van der Waals surface area contributed by atoms with E-state index in [1.54, 1.807) is 0 Å². The van der Waals surface area contributed by atoms with Gasteiger partial charge in [0.15, 0.2) is 0 Å². The van der Waals surface area contributed by atoms with Crippen molar-refractivity contribution < 1.29 is 0 Å². The van der Waals surface area contributed by atoms with Crippen molar-refractivity contribution in [2.24, 2.45) is 0 Å². The van der Waals surface area contributed by atoms with Crippen LogP contribution in [0.2, 0.25) is 5.21 Å². The Morgan fingerprint density at radius 2 is 2.00 bits per heavy atom. The Morgan fingerprint density at radius 1 is 1.33 bits per heavy atom. The molecule has 9 heavy (non-hydrogen) atoms. The van der Waals surface area contributed by atoms with Gasteiger partial charge in [-0.05, 0) is 0 Å². The van der Waals surface area contributed by atoms with Crippen LogP contribution in [-0.4, -0.2) is 54.5 Å². The molecule has 0 radical (unpaired) electrons. The summed E-state index contributed by atoms with van der Waals surface area (Å²) in [4.78, 5) is 2.53. The minimum atomic E-state index is 1.19. The first-order chi connectivity index (χ1) is 4.43. The zero-order chi connectivity index (χ0) is 6.53. The molecule has 0 spiro atoms. The predicted octanol–water partition coefficient (Wildman–Crippen LogP) is -1.06. The van der Waals surface area contributed by atoms with E-state index in [1.165, 1.54) is 37.9 Å². The molecule has 1 atom stereocenters. The van der Waals surface area contributed by atoms with Crippen LogP contribution >= 0.6 is 0 Å². The summed E-state index contributed by atoms with van der Waals surface area (Å²) in [5, 5.41) is 4.69. The Bertz CT molecular complexity index is 68.7. The van der Waals surface area contributed by atoms with Gasteiger partial charge in [-0.2, -0.15) is 0 Å². The average Bonchev–Trinajstić information content (AvgIpc) is 1.91. The molecule has 0 aliphatic carbocycles. The maximum absolute atomic E-state index is 3.34. The zero-order valence-electron chi connectivity index (χ0n) is 5.77. The van der Waals surface area contributed by atoms with Gasteiger partial charge in [0.25, 0.3) is 0 Å². The molecular formula is C6H15AsN2. The van der Waals surface area contributed by atoms with Crippen molar-refractivity contribution in [1.29, 1.82) is 0 Å². The van der Waals surface area contributed by atoms with Crippen LogP contribution < -0.4 is 5.32 Å². The third kappa shape index (κ3) is 2.70. The molecule has 54 valence electrons. The van der Waals surface area contributed by atoms with E-state index in [-0.39, 0.29) is 0 Å². The van der Waals surface area contributed by atoms with E-state index in [2.05, 4.69) is 10.2 Å². The molecule has 0 saturated carbocycles. The summed E-state index contributed by atoms with van der Waals surface area (Å²) in [5.74, 6) is 0. The van der Waals surface area contributed by atoms with Crippen molar-refractivity contribution in [3.8, 4) is 0 Å². The summed E-state index contributed by atoms with van der Waals surface area (Å²) in [6.07, 6.45) is 0. The fraction of sp³-hybridized carbons (Fsp3) is 1.00. The summed E-state index contributed by atoms with van der Waals surface area (Å²) in [6.45, 7) is 6.19. The molecule has 0 aromatic heterocycles. The van der Waals surface area contributed by atoms with Gasteiger partial charge in [-0.15, -0.1) is 0 Å². The van der Waals surface area contributed by atoms with Gasteiger partial charge in [-0.1, -0.05) is 0 Å². The second kappa shape index (κ2) is 4.32. The van der Waals surface area contributed by atoms with Gasteiger partial charge in [0.05, 0.1) is 0 Å². The number of nitrogens with one attached hydrogen (secondary N) is 1. The molecule has 1 N–H and O–H groups in total. The van der Waals surface area contributed by atoms with Crippen LogP contribution in [0, 0.1) is 0 Å². The molecule has 1 fully saturated rings. The quantitative estimate of drug-likeness (QED) is 0.558. The van der Waals surface area contributed by atoms with Crippen molar-refractivity contribution in [3.05, 3.63) is 0 Å². The van der Waals surface area contributed by atoms with Gasteiger partial charge in [0, 0.05) is 0 Å². The van der Waals surface area contributed by atoms with E-state index < -0.39 is 0 Å². The van der Waals surface area contributed by atoms with Crippen LogP contribution in [0.4, 0.5) is 0 Å². The molecule has 1 aliphatic rings. The molecule has 1 aliphatic heterocycles. The molecule has 1 saturated heterocycles. The van der Waals surface area contributed by atoms with Crippen molar-refractivity contribution >= 4 is 16.9 Å². The number of hydrogen-bond donors (Lipinski definition) is 1. The topological polar surface area (TPSA) is 15.3 Å². The SMILES string of the molecule is [AsH2]CCN1CCNCC1. The molecule has 0 bridgehead atoms. The summed E-state index contributed by atoms with van der Waals surface area (Å²) < 4.78 is 0. The van der Waals surface area contributed by atoms with Crippen LogP contribution in [0.25, 0.3) is 0 Å². The first-order valence-electron chi connectivity index (χ1n) is 3.56. The molecule has 1 rings (SSSR count). The Balaban J connectivity index is 2.08. The predicted molar refractivity (Wildman–Crippen MR) is 42.7 cm³/mol. The maximum atomic E-state index is 3.34. The minimum absolute atomic E-state index is 1.19. The van der Waals surface area contributed by atoms with Crippen molar-refractivity contribution in [3.63, 3.8) is 0 Å². The molecule has 3 heteroatoms. The van der Waals surface area contributed by atoms with Crippen LogP contribution in [0.1, 0.15) is 0 Å². The Morgan fingerprint density at radius 3 is 2.56 bits per heavy atom. The van der Waals surface area contributed by atoms with E-state index in [0.29, 0.717) is 0 Å². The first kappa shape index (κ1) is 7.58. The Hall–Kier alpha value is 0.478. The summed E-state index contributed by atoms with van der Waals surface area (Å²) >= 11 is 1.84. The molecule has 1 unspecified atom stereocenters. The fourth-order valence-corrected chi connectivity index (χ4v) is 1.88. The summed E-state index contributed by atoms with van der Waals surface area (Å²) in [7, 11) is 0. The van der Waals surface area contributed by atoms with Gasteiger partial charge in [-0.3, -0.25) is 0 Å². The van der Waals surface area contributed by atoms with E-state index in [0.717, 1.165) is 0 Å². The van der Waals surface area contributed by atoms with Crippen LogP contribution in [-0.2, 0) is 0 Å². The normalized spacial score (nSPS) is 22.3. The molecule has 0 aromatic carbocycles. The van der Waals surface area contributed by atoms with E-state index >= 15 is 0 Å². The number of piperazine rings is 1. The van der Waals surface area contributed by atoms with Crippen molar-refractivity contribution in [2.75, 3.05) is 32.7 Å². The fourth-order valence-electron chi connectivity index (χ4n) is 1.12. The van der Waals surface area contributed by atoms with E-state index in [1.807, 2.05) is 16.9 Å². The first-order valence-corrected chi connectivity index (χ1v) is 5.28. The standard InChI is InChI=1S/C6H15AsN2/c7-1-4-9-5-2-8-3-6-9/h8H,1-7H2.